The molecule has 1 aromatic carbocycles. The van der Waals surface area contributed by atoms with E-state index in [9.17, 15) is 4.79 Å². The molecular formula is C9H9NO3. The number of hydroxylamine groups is 1. The number of aromatic hydroxyl groups is 1. The summed E-state index contributed by atoms with van der Waals surface area (Å²) in [7, 11) is 0. The summed E-state index contributed by atoms with van der Waals surface area (Å²) in [5, 5.41) is 17.2. The Labute approximate surface area is 75.1 Å². The van der Waals surface area contributed by atoms with Gasteiger partial charge in [0.15, 0.2) is 0 Å². The van der Waals surface area contributed by atoms with Gasteiger partial charge in [0.05, 0.1) is 0 Å². The Kier molecular flexibility index (Phi) is 3.05. The van der Waals surface area contributed by atoms with Crippen LogP contribution < -0.4 is 5.48 Å². The first-order valence-corrected chi connectivity index (χ1v) is 3.63. The maximum atomic E-state index is 10.6. The minimum atomic E-state index is -0.608. The molecule has 0 aromatic heterocycles. The first-order chi connectivity index (χ1) is 6.22. The van der Waals surface area contributed by atoms with Crippen molar-refractivity contribution in [3.8, 4) is 5.75 Å². The van der Waals surface area contributed by atoms with E-state index in [-0.39, 0.29) is 5.75 Å². The molecule has 4 heteroatoms. The van der Waals surface area contributed by atoms with Gasteiger partial charge in [-0.05, 0) is 23.8 Å². The normalized spacial score (nSPS) is 10.2. The lowest BCUT2D eigenvalue weighted by Crippen LogP contribution is -2.14. The topological polar surface area (TPSA) is 69.6 Å². The van der Waals surface area contributed by atoms with Gasteiger partial charge in [-0.1, -0.05) is 12.1 Å². The van der Waals surface area contributed by atoms with Crippen molar-refractivity contribution in [3.63, 3.8) is 0 Å². The van der Waals surface area contributed by atoms with Crippen LogP contribution in [-0.4, -0.2) is 16.2 Å². The Morgan fingerprint density at radius 2 is 2.23 bits per heavy atom. The van der Waals surface area contributed by atoms with Crippen LogP contribution in [0.3, 0.4) is 0 Å². The van der Waals surface area contributed by atoms with Crippen LogP contribution in [-0.2, 0) is 4.79 Å². The van der Waals surface area contributed by atoms with E-state index in [1.807, 2.05) is 0 Å². The average Bonchev–Trinajstić information content (AvgIpc) is 2.14. The van der Waals surface area contributed by atoms with Gasteiger partial charge in [0.25, 0.3) is 5.91 Å². The second-order valence-corrected chi connectivity index (χ2v) is 2.40. The summed E-state index contributed by atoms with van der Waals surface area (Å²) in [6.07, 6.45) is 2.64. The third kappa shape index (κ3) is 2.96. The number of carbonyl (C=O) groups is 1. The van der Waals surface area contributed by atoms with E-state index in [2.05, 4.69) is 0 Å². The van der Waals surface area contributed by atoms with Crippen molar-refractivity contribution in [3.05, 3.63) is 35.9 Å². The molecule has 0 bridgehead atoms. The zero-order chi connectivity index (χ0) is 9.68. The summed E-state index contributed by atoms with van der Waals surface area (Å²) < 4.78 is 0. The highest BCUT2D eigenvalue weighted by molar-refractivity contribution is 5.90. The molecule has 0 saturated heterocycles. The molecule has 0 fully saturated rings. The molecule has 3 N–H and O–H groups in total. The van der Waals surface area contributed by atoms with E-state index in [0.717, 1.165) is 6.08 Å². The van der Waals surface area contributed by atoms with Crippen LogP contribution in [0.1, 0.15) is 5.56 Å². The summed E-state index contributed by atoms with van der Waals surface area (Å²) in [5.41, 5.74) is 2.15. The van der Waals surface area contributed by atoms with Crippen LogP contribution in [0.5, 0.6) is 5.75 Å². The Balaban J connectivity index is 2.74. The summed E-state index contributed by atoms with van der Waals surface area (Å²) in [5.74, 6) is -0.477. The van der Waals surface area contributed by atoms with E-state index >= 15 is 0 Å². The van der Waals surface area contributed by atoms with Crippen molar-refractivity contribution >= 4 is 12.0 Å². The molecule has 0 radical (unpaired) electrons. The molecule has 0 aliphatic carbocycles. The van der Waals surface area contributed by atoms with Gasteiger partial charge in [0.1, 0.15) is 5.75 Å². The molecule has 0 atom stereocenters. The number of amides is 1. The molecule has 0 aliphatic rings. The maximum absolute atomic E-state index is 10.6. The lowest BCUT2D eigenvalue weighted by Gasteiger charge is -1.94. The van der Waals surface area contributed by atoms with Gasteiger partial charge < -0.3 is 5.11 Å². The summed E-state index contributed by atoms with van der Waals surface area (Å²) in [6.45, 7) is 0. The number of rotatable bonds is 2. The lowest BCUT2D eigenvalue weighted by atomic mass is 10.2. The monoisotopic (exact) mass is 179 g/mol. The first kappa shape index (κ1) is 9.28. The van der Waals surface area contributed by atoms with Gasteiger partial charge in [-0.2, -0.15) is 0 Å². The van der Waals surface area contributed by atoms with E-state index < -0.39 is 5.91 Å². The van der Waals surface area contributed by atoms with E-state index in [1.54, 1.807) is 12.1 Å². The minimum absolute atomic E-state index is 0.131. The van der Waals surface area contributed by atoms with Gasteiger partial charge in [-0.3, -0.25) is 10.0 Å². The third-order valence-electron chi connectivity index (χ3n) is 1.41. The molecular weight excluding hydrogens is 170 g/mol. The lowest BCUT2D eigenvalue weighted by molar-refractivity contribution is -0.124. The van der Waals surface area contributed by atoms with Crippen LogP contribution >= 0.6 is 0 Å². The molecule has 0 saturated carbocycles. The highest BCUT2D eigenvalue weighted by atomic mass is 16.5. The number of phenolic OH excluding ortho intramolecular Hbond substituents is 1. The summed E-state index contributed by atoms with van der Waals surface area (Å²) in [6, 6.07) is 6.41. The summed E-state index contributed by atoms with van der Waals surface area (Å²) >= 11 is 0. The molecule has 1 amide bonds. The van der Waals surface area contributed by atoms with Crippen LogP contribution in [0.4, 0.5) is 0 Å². The van der Waals surface area contributed by atoms with Crippen molar-refractivity contribution in [1.29, 1.82) is 0 Å². The van der Waals surface area contributed by atoms with E-state index in [4.69, 9.17) is 10.3 Å². The Morgan fingerprint density at radius 1 is 1.46 bits per heavy atom. The second kappa shape index (κ2) is 4.27. The van der Waals surface area contributed by atoms with E-state index in [0.29, 0.717) is 5.56 Å². The zero-order valence-corrected chi connectivity index (χ0v) is 6.77. The third-order valence-corrected chi connectivity index (χ3v) is 1.41. The van der Waals surface area contributed by atoms with Gasteiger partial charge in [-0.25, -0.2) is 5.48 Å². The van der Waals surface area contributed by atoms with Crippen molar-refractivity contribution in [2.24, 2.45) is 0 Å². The van der Waals surface area contributed by atoms with Gasteiger partial charge in [0.2, 0.25) is 0 Å². The van der Waals surface area contributed by atoms with Crippen molar-refractivity contribution in [2.75, 3.05) is 0 Å². The maximum Gasteiger partial charge on any atom is 0.267 e. The molecule has 0 spiro atoms. The number of nitrogens with one attached hydrogen (secondary N) is 1. The molecule has 13 heavy (non-hydrogen) atoms. The molecule has 1 aromatic rings. The van der Waals surface area contributed by atoms with Crippen molar-refractivity contribution in [1.82, 2.24) is 5.48 Å². The molecule has 4 nitrogen and oxygen atoms in total. The van der Waals surface area contributed by atoms with Crippen LogP contribution in [0, 0.1) is 0 Å². The molecule has 0 heterocycles. The number of benzene rings is 1. The average molecular weight is 179 g/mol. The SMILES string of the molecule is O=C(/C=C/c1cccc(O)c1)NO. The van der Waals surface area contributed by atoms with Gasteiger partial charge in [-0.15, -0.1) is 0 Å². The molecule has 0 aliphatic heterocycles. The number of carbonyl (C=O) groups excluding carboxylic acids is 1. The summed E-state index contributed by atoms with van der Waals surface area (Å²) in [4.78, 5) is 10.6. The molecule has 68 valence electrons. The zero-order valence-electron chi connectivity index (χ0n) is 6.77. The van der Waals surface area contributed by atoms with Crippen LogP contribution in [0.2, 0.25) is 0 Å². The second-order valence-electron chi connectivity index (χ2n) is 2.40. The predicted octanol–water partition coefficient (Wildman–Crippen LogP) is 0.911. The molecule has 1 rings (SSSR count). The Morgan fingerprint density at radius 3 is 2.85 bits per heavy atom. The number of hydrogen-bond acceptors (Lipinski definition) is 3. The van der Waals surface area contributed by atoms with Gasteiger partial charge >= 0.3 is 0 Å². The first-order valence-electron chi connectivity index (χ1n) is 3.63. The van der Waals surface area contributed by atoms with E-state index in [1.165, 1.54) is 23.7 Å². The largest absolute Gasteiger partial charge is 0.508 e. The quantitative estimate of drug-likeness (QED) is 0.359. The highest BCUT2D eigenvalue weighted by Gasteiger charge is 1.91. The molecule has 0 unspecified atom stereocenters. The van der Waals surface area contributed by atoms with Gasteiger partial charge in [0, 0.05) is 6.08 Å². The van der Waals surface area contributed by atoms with Crippen molar-refractivity contribution in [2.45, 2.75) is 0 Å². The fraction of sp³-hybridized carbons (Fsp3) is 0. The highest BCUT2D eigenvalue weighted by Crippen LogP contribution is 2.11. The fourth-order valence-corrected chi connectivity index (χ4v) is 0.838. The minimum Gasteiger partial charge on any atom is -0.508 e. The number of phenols is 1. The van der Waals surface area contributed by atoms with Crippen LogP contribution in [0.15, 0.2) is 30.3 Å². The van der Waals surface area contributed by atoms with Crippen LogP contribution in [0.25, 0.3) is 6.08 Å². The van der Waals surface area contributed by atoms with Crippen molar-refractivity contribution < 1.29 is 15.1 Å². The predicted molar refractivity (Wildman–Crippen MR) is 47.1 cm³/mol. The standard InChI is InChI=1S/C9H9NO3/c11-8-3-1-2-7(6-8)4-5-9(12)10-13/h1-6,11,13H,(H,10,12)/b5-4+. The smallest absolute Gasteiger partial charge is 0.267 e. The fourth-order valence-electron chi connectivity index (χ4n) is 0.838. The number of hydrogen-bond donors (Lipinski definition) is 3. The Bertz CT molecular complexity index is 333. The Hall–Kier alpha value is -1.81.